The number of hydrogen-bond donors (Lipinski definition) is 1. The Hall–Kier alpha value is -1.53. The van der Waals surface area contributed by atoms with Gasteiger partial charge in [0.1, 0.15) is 0 Å². The van der Waals surface area contributed by atoms with Gasteiger partial charge in [-0.2, -0.15) is 0 Å². The molecule has 26 heavy (non-hydrogen) atoms. The maximum Gasteiger partial charge on any atom is 0.234 e. The van der Waals surface area contributed by atoms with E-state index in [0.29, 0.717) is 25.4 Å². The van der Waals surface area contributed by atoms with Gasteiger partial charge in [0.2, 0.25) is 11.8 Å². The van der Waals surface area contributed by atoms with Gasteiger partial charge in [0.05, 0.1) is 12.3 Å². The summed E-state index contributed by atoms with van der Waals surface area (Å²) in [5.41, 5.74) is 2.51. The number of hydrogen-bond acceptors (Lipinski definition) is 4. The lowest BCUT2D eigenvalue weighted by Crippen LogP contribution is -2.52. The van der Waals surface area contributed by atoms with E-state index < -0.39 is 0 Å². The summed E-state index contributed by atoms with van der Waals surface area (Å²) in [4.78, 5) is 28.4. The first-order valence-electron chi connectivity index (χ1n) is 9.40. The Labute approximate surface area is 161 Å². The number of amides is 2. The molecule has 1 aliphatic rings. The van der Waals surface area contributed by atoms with Gasteiger partial charge >= 0.3 is 0 Å². The third kappa shape index (κ3) is 7.00. The molecule has 1 aliphatic heterocycles. The van der Waals surface area contributed by atoms with Gasteiger partial charge in [-0.15, -0.1) is 11.8 Å². The van der Waals surface area contributed by atoms with Gasteiger partial charge in [-0.05, 0) is 25.8 Å². The Morgan fingerprint density at radius 1 is 1.15 bits per heavy atom. The van der Waals surface area contributed by atoms with Gasteiger partial charge in [-0.3, -0.25) is 14.5 Å². The van der Waals surface area contributed by atoms with E-state index in [1.165, 1.54) is 11.1 Å². The van der Waals surface area contributed by atoms with Crippen LogP contribution in [0, 0.1) is 6.92 Å². The summed E-state index contributed by atoms with van der Waals surface area (Å²) in [6, 6.07) is 8.67. The van der Waals surface area contributed by atoms with Crippen molar-refractivity contribution >= 4 is 23.6 Å². The fourth-order valence-electron chi connectivity index (χ4n) is 2.81. The van der Waals surface area contributed by atoms with Crippen LogP contribution in [0.25, 0.3) is 0 Å². The largest absolute Gasteiger partial charge is 0.353 e. The third-order valence-corrected chi connectivity index (χ3v) is 5.72. The summed E-state index contributed by atoms with van der Waals surface area (Å²) in [6.45, 7) is 9.53. The second-order valence-corrected chi connectivity index (χ2v) is 8.00. The summed E-state index contributed by atoms with van der Waals surface area (Å²) in [6.07, 6.45) is 0.939. The van der Waals surface area contributed by atoms with E-state index in [0.717, 1.165) is 25.3 Å². The first kappa shape index (κ1) is 20.8. The Morgan fingerprint density at radius 3 is 2.42 bits per heavy atom. The third-order valence-electron chi connectivity index (χ3n) is 4.73. The molecule has 144 valence electrons. The Kier molecular flexibility index (Phi) is 8.45. The standard InChI is InChI=1S/C20H31N3O2S/c1-4-17(3)21-19(24)13-22-9-11-23(12-10-22)20(25)15-26-14-18-7-5-16(2)6-8-18/h5-8,17H,4,9-15H2,1-3H3,(H,21,24). The van der Waals surface area contributed by atoms with Gasteiger partial charge in [-0.25, -0.2) is 0 Å². The number of benzene rings is 1. The molecular formula is C20H31N3O2S. The van der Waals surface area contributed by atoms with Crippen LogP contribution in [0.15, 0.2) is 24.3 Å². The summed E-state index contributed by atoms with van der Waals surface area (Å²) in [5.74, 6) is 1.66. The van der Waals surface area contributed by atoms with Crippen molar-refractivity contribution in [3.05, 3.63) is 35.4 Å². The highest BCUT2D eigenvalue weighted by molar-refractivity contribution is 7.99. The normalized spacial score (nSPS) is 16.3. The fraction of sp³-hybridized carbons (Fsp3) is 0.600. The molecule has 0 aliphatic carbocycles. The highest BCUT2D eigenvalue weighted by Crippen LogP contribution is 2.14. The average molecular weight is 378 g/mol. The molecule has 1 atom stereocenters. The molecule has 5 nitrogen and oxygen atoms in total. The Balaban J connectivity index is 1.64. The lowest BCUT2D eigenvalue weighted by atomic mass is 10.2. The second-order valence-electron chi connectivity index (χ2n) is 7.01. The van der Waals surface area contributed by atoms with Crippen LogP contribution in [0.1, 0.15) is 31.4 Å². The highest BCUT2D eigenvalue weighted by atomic mass is 32.2. The predicted molar refractivity (Wildman–Crippen MR) is 108 cm³/mol. The van der Waals surface area contributed by atoms with Gasteiger partial charge in [0.25, 0.3) is 0 Å². The van der Waals surface area contributed by atoms with E-state index in [1.807, 2.05) is 11.8 Å². The van der Waals surface area contributed by atoms with Crippen molar-refractivity contribution in [2.75, 3.05) is 38.5 Å². The molecule has 1 saturated heterocycles. The molecule has 1 unspecified atom stereocenters. The van der Waals surface area contributed by atoms with Crippen LogP contribution in [0.2, 0.25) is 0 Å². The van der Waals surface area contributed by atoms with E-state index in [2.05, 4.69) is 48.3 Å². The zero-order valence-corrected chi connectivity index (χ0v) is 17.0. The van der Waals surface area contributed by atoms with Crippen LogP contribution in [0.5, 0.6) is 0 Å². The lowest BCUT2D eigenvalue weighted by Gasteiger charge is -2.34. The van der Waals surface area contributed by atoms with Crippen LogP contribution in [0.3, 0.4) is 0 Å². The van der Waals surface area contributed by atoms with Crippen LogP contribution < -0.4 is 5.32 Å². The van der Waals surface area contributed by atoms with Crippen molar-refractivity contribution in [2.45, 2.75) is 39.0 Å². The summed E-state index contributed by atoms with van der Waals surface area (Å²) < 4.78 is 0. The first-order chi connectivity index (χ1) is 12.5. The number of aryl methyl sites for hydroxylation is 1. The summed E-state index contributed by atoms with van der Waals surface area (Å²) in [5, 5.41) is 2.99. The Bertz CT molecular complexity index is 583. The molecule has 2 rings (SSSR count). The number of carbonyl (C=O) groups excluding carboxylic acids is 2. The molecule has 1 heterocycles. The number of rotatable bonds is 8. The quantitative estimate of drug-likeness (QED) is 0.755. The zero-order chi connectivity index (χ0) is 18.9. The van der Waals surface area contributed by atoms with E-state index in [-0.39, 0.29) is 17.9 Å². The molecule has 0 radical (unpaired) electrons. The van der Waals surface area contributed by atoms with Crippen molar-refractivity contribution in [1.29, 1.82) is 0 Å². The molecule has 1 N–H and O–H groups in total. The molecular weight excluding hydrogens is 346 g/mol. The molecule has 2 amide bonds. The smallest absolute Gasteiger partial charge is 0.234 e. The van der Waals surface area contributed by atoms with E-state index >= 15 is 0 Å². The average Bonchev–Trinajstić information content (AvgIpc) is 2.63. The molecule has 1 aromatic carbocycles. The first-order valence-corrected chi connectivity index (χ1v) is 10.6. The molecule has 0 spiro atoms. The fourth-order valence-corrected chi connectivity index (χ4v) is 3.70. The highest BCUT2D eigenvalue weighted by Gasteiger charge is 2.22. The predicted octanol–water partition coefficient (Wildman–Crippen LogP) is 2.29. The minimum atomic E-state index is 0.0766. The number of nitrogens with zero attached hydrogens (tertiary/aromatic N) is 2. The molecule has 1 fully saturated rings. The summed E-state index contributed by atoms with van der Waals surface area (Å²) >= 11 is 1.67. The van der Waals surface area contributed by atoms with E-state index in [9.17, 15) is 9.59 Å². The molecule has 1 aromatic rings. The van der Waals surface area contributed by atoms with Gasteiger partial charge in [0.15, 0.2) is 0 Å². The maximum absolute atomic E-state index is 12.4. The number of carbonyl (C=O) groups is 2. The molecule has 6 heteroatoms. The second kappa shape index (κ2) is 10.6. The summed E-state index contributed by atoms with van der Waals surface area (Å²) in [7, 11) is 0. The lowest BCUT2D eigenvalue weighted by molar-refractivity contribution is -0.130. The molecule has 0 bridgehead atoms. The zero-order valence-electron chi connectivity index (χ0n) is 16.2. The van der Waals surface area contributed by atoms with Crippen molar-refractivity contribution in [3.8, 4) is 0 Å². The van der Waals surface area contributed by atoms with Gasteiger partial charge in [0, 0.05) is 38.0 Å². The SMILES string of the molecule is CCC(C)NC(=O)CN1CCN(C(=O)CSCc2ccc(C)cc2)CC1. The van der Waals surface area contributed by atoms with Gasteiger partial charge in [-0.1, -0.05) is 36.8 Å². The molecule has 0 saturated carbocycles. The number of nitrogens with one attached hydrogen (secondary N) is 1. The minimum absolute atomic E-state index is 0.0766. The number of thioether (sulfide) groups is 1. The molecule has 0 aromatic heterocycles. The maximum atomic E-state index is 12.4. The van der Waals surface area contributed by atoms with Crippen LogP contribution in [-0.2, 0) is 15.3 Å². The Morgan fingerprint density at radius 2 is 1.81 bits per heavy atom. The van der Waals surface area contributed by atoms with Crippen LogP contribution in [-0.4, -0.2) is 66.1 Å². The van der Waals surface area contributed by atoms with E-state index in [1.54, 1.807) is 11.8 Å². The van der Waals surface area contributed by atoms with Gasteiger partial charge < -0.3 is 10.2 Å². The van der Waals surface area contributed by atoms with Crippen molar-refractivity contribution in [1.82, 2.24) is 15.1 Å². The van der Waals surface area contributed by atoms with Crippen molar-refractivity contribution < 1.29 is 9.59 Å². The monoisotopic (exact) mass is 377 g/mol. The number of piperazine rings is 1. The van der Waals surface area contributed by atoms with Crippen molar-refractivity contribution in [2.24, 2.45) is 0 Å². The van der Waals surface area contributed by atoms with Crippen molar-refractivity contribution in [3.63, 3.8) is 0 Å². The van der Waals surface area contributed by atoms with Crippen LogP contribution >= 0.6 is 11.8 Å². The minimum Gasteiger partial charge on any atom is -0.353 e. The van der Waals surface area contributed by atoms with Crippen LogP contribution in [0.4, 0.5) is 0 Å². The topological polar surface area (TPSA) is 52.7 Å². The van der Waals surface area contributed by atoms with E-state index in [4.69, 9.17) is 0 Å².